The third-order valence-corrected chi connectivity index (χ3v) is 4.32. The number of ether oxygens (including phenoxy) is 1. The molecule has 4 nitrogen and oxygen atoms in total. The van der Waals surface area contributed by atoms with Gasteiger partial charge in [0.05, 0.1) is 17.0 Å². The van der Waals surface area contributed by atoms with Crippen LogP contribution in [0.25, 0.3) is 0 Å². The molecule has 0 radical (unpaired) electrons. The molecule has 0 spiro atoms. The molecule has 0 aliphatic heterocycles. The molecule has 0 aliphatic carbocycles. The molecule has 0 saturated heterocycles. The van der Waals surface area contributed by atoms with E-state index in [0.29, 0.717) is 0 Å². The van der Waals surface area contributed by atoms with E-state index in [9.17, 15) is 13.2 Å². The van der Waals surface area contributed by atoms with Gasteiger partial charge in [-0.15, -0.1) is 11.3 Å². The molecule has 1 aromatic rings. The molecule has 14 heavy (non-hydrogen) atoms. The zero-order chi connectivity index (χ0) is 10.9. The molecule has 78 valence electrons. The van der Waals surface area contributed by atoms with Gasteiger partial charge < -0.3 is 4.74 Å². The number of methoxy groups -OCH3 is 1. The van der Waals surface area contributed by atoms with Gasteiger partial charge in [0, 0.05) is 11.6 Å². The molecule has 1 aromatic heterocycles. The Morgan fingerprint density at radius 2 is 2.14 bits per heavy atom. The van der Waals surface area contributed by atoms with Crippen LogP contribution in [0, 0.1) is 0 Å². The lowest BCUT2D eigenvalue weighted by atomic mass is 10.5. The van der Waals surface area contributed by atoms with Gasteiger partial charge in [-0.3, -0.25) is 0 Å². The van der Waals surface area contributed by atoms with Gasteiger partial charge >= 0.3 is 5.97 Å². The summed E-state index contributed by atoms with van der Waals surface area (Å²) in [6.45, 7) is 0. The van der Waals surface area contributed by atoms with Crippen LogP contribution >= 0.6 is 22.9 Å². The van der Waals surface area contributed by atoms with Crippen LogP contribution in [0.5, 0.6) is 0 Å². The molecular formula is C7H7ClO4S2. The summed E-state index contributed by atoms with van der Waals surface area (Å²) in [5, 5.41) is 1.26. The lowest BCUT2D eigenvalue weighted by Gasteiger charge is -1.96. The molecule has 0 N–H and O–H groups in total. The Morgan fingerprint density at radius 1 is 1.57 bits per heavy atom. The first-order valence-electron chi connectivity index (χ1n) is 3.43. The van der Waals surface area contributed by atoms with E-state index in [1.165, 1.54) is 12.5 Å². The standard InChI is InChI=1S/C7H7ClO4S2/c1-12-7(9)6-5(8)4(3-13-6)14(2,10)11/h3H,1-2H3. The fourth-order valence-corrected chi connectivity index (χ4v) is 3.63. The summed E-state index contributed by atoms with van der Waals surface area (Å²) in [6.07, 6.45) is 1.03. The molecule has 0 aliphatic rings. The van der Waals surface area contributed by atoms with Gasteiger partial charge in [-0.1, -0.05) is 11.6 Å². The fourth-order valence-electron chi connectivity index (χ4n) is 0.808. The van der Waals surface area contributed by atoms with Gasteiger partial charge in [-0.25, -0.2) is 13.2 Å². The Labute approximate surface area is 90.4 Å². The second-order valence-corrected chi connectivity index (χ2v) is 5.75. The summed E-state index contributed by atoms with van der Waals surface area (Å²) in [6, 6.07) is 0. The average molecular weight is 255 g/mol. The van der Waals surface area contributed by atoms with Gasteiger partial charge in [0.15, 0.2) is 9.84 Å². The molecular weight excluding hydrogens is 248 g/mol. The van der Waals surface area contributed by atoms with E-state index in [2.05, 4.69) is 4.74 Å². The van der Waals surface area contributed by atoms with Crippen molar-refractivity contribution in [3.05, 3.63) is 15.3 Å². The van der Waals surface area contributed by atoms with Gasteiger partial charge in [0.1, 0.15) is 4.88 Å². The van der Waals surface area contributed by atoms with Crippen molar-refractivity contribution in [2.75, 3.05) is 13.4 Å². The highest BCUT2D eigenvalue weighted by Gasteiger charge is 2.22. The molecule has 0 fully saturated rings. The number of carbonyl (C=O) groups excluding carboxylic acids is 1. The number of rotatable bonds is 2. The predicted molar refractivity (Wildman–Crippen MR) is 53.8 cm³/mol. The molecule has 1 rings (SSSR count). The van der Waals surface area contributed by atoms with Gasteiger partial charge in [0.25, 0.3) is 0 Å². The highest BCUT2D eigenvalue weighted by atomic mass is 35.5. The first-order chi connectivity index (χ1) is 6.38. The van der Waals surface area contributed by atoms with E-state index in [4.69, 9.17) is 11.6 Å². The van der Waals surface area contributed by atoms with Gasteiger partial charge in [0.2, 0.25) is 0 Å². The Balaban J connectivity index is 3.29. The highest BCUT2D eigenvalue weighted by Crippen LogP contribution is 2.31. The molecule has 1 heterocycles. The second kappa shape index (κ2) is 3.88. The van der Waals surface area contributed by atoms with E-state index in [1.54, 1.807) is 0 Å². The normalized spacial score (nSPS) is 11.4. The maximum atomic E-state index is 11.1. The smallest absolute Gasteiger partial charge is 0.349 e. The first-order valence-corrected chi connectivity index (χ1v) is 6.58. The summed E-state index contributed by atoms with van der Waals surface area (Å²) in [5.74, 6) is -0.630. The van der Waals surface area contributed by atoms with E-state index in [0.717, 1.165) is 17.6 Å². The number of hydrogen-bond acceptors (Lipinski definition) is 5. The highest BCUT2D eigenvalue weighted by molar-refractivity contribution is 7.91. The summed E-state index contributed by atoms with van der Waals surface area (Å²) < 4.78 is 26.7. The summed E-state index contributed by atoms with van der Waals surface area (Å²) in [7, 11) is -2.18. The van der Waals surface area contributed by atoms with Crippen LogP contribution in [0.3, 0.4) is 0 Å². The van der Waals surface area contributed by atoms with Crippen LogP contribution in [0.15, 0.2) is 10.3 Å². The number of sulfone groups is 1. The lowest BCUT2D eigenvalue weighted by molar-refractivity contribution is 0.0606. The lowest BCUT2D eigenvalue weighted by Crippen LogP contribution is -2.00. The van der Waals surface area contributed by atoms with Crippen LogP contribution in [0.4, 0.5) is 0 Å². The van der Waals surface area contributed by atoms with Crippen LogP contribution in [-0.4, -0.2) is 27.8 Å². The number of thiophene rings is 1. The van der Waals surface area contributed by atoms with Crippen LogP contribution in [0.1, 0.15) is 9.67 Å². The molecule has 0 aromatic carbocycles. The molecule has 0 bridgehead atoms. The summed E-state index contributed by atoms with van der Waals surface area (Å²) >= 11 is 6.66. The monoisotopic (exact) mass is 254 g/mol. The molecule has 0 saturated carbocycles. The van der Waals surface area contributed by atoms with Crippen LogP contribution < -0.4 is 0 Å². The topological polar surface area (TPSA) is 60.4 Å². The SMILES string of the molecule is COC(=O)c1scc(S(C)(=O)=O)c1Cl. The van der Waals surface area contributed by atoms with Crippen molar-refractivity contribution in [3.8, 4) is 0 Å². The summed E-state index contributed by atoms with van der Waals surface area (Å²) in [4.78, 5) is 11.2. The Kier molecular flexibility index (Phi) is 3.18. The maximum Gasteiger partial charge on any atom is 0.349 e. The Bertz CT molecular complexity index is 460. The van der Waals surface area contributed by atoms with Crippen molar-refractivity contribution >= 4 is 38.7 Å². The van der Waals surface area contributed by atoms with Crippen molar-refractivity contribution in [1.82, 2.24) is 0 Å². The average Bonchev–Trinajstić information content (AvgIpc) is 2.45. The van der Waals surface area contributed by atoms with Crippen molar-refractivity contribution < 1.29 is 17.9 Å². The zero-order valence-electron chi connectivity index (χ0n) is 7.40. The Hall–Kier alpha value is -0.590. The van der Waals surface area contributed by atoms with E-state index >= 15 is 0 Å². The summed E-state index contributed by atoms with van der Waals surface area (Å²) in [5.41, 5.74) is 0. The first kappa shape index (κ1) is 11.5. The minimum absolute atomic E-state index is 0.0374. The quantitative estimate of drug-likeness (QED) is 0.752. The number of halogens is 1. The molecule has 0 amide bonds. The predicted octanol–water partition coefficient (Wildman–Crippen LogP) is 1.59. The largest absolute Gasteiger partial charge is 0.465 e. The number of hydrogen-bond donors (Lipinski definition) is 0. The zero-order valence-corrected chi connectivity index (χ0v) is 9.79. The second-order valence-electron chi connectivity index (χ2n) is 2.51. The van der Waals surface area contributed by atoms with E-state index < -0.39 is 15.8 Å². The van der Waals surface area contributed by atoms with Crippen LogP contribution in [0.2, 0.25) is 5.02 Å². The van der Waals surface area contributed by atoms with Gasteiger partial charge in [-0.05, 0) is 0 Å². The maximum absolute atomic E-state index is 11.1. The molecule has 0 unspecified atom stereocenters. The third kappa shape index (κ3) is 2.08. The Morgan fingerprint density at radius 3 is 2.50 bits per heavy atom. The van der Waals surface area contributed by atoms with Crippen LogP contribution in [-0.2, 0) is 14.6 Å². The van der Waals surface area contributed by atoms with Gasteiger partial charge in [-0.2, -0.15) is 0 Å². The van der Waals surface area contributed by atoms with Crippen molar-refractivity contribution in [2.45, 2.75) is 4.90 Å². The number of esters is 1. The molecule has 0 atom stereocenters. The van der Waals surface area contributed by atoms with Crippen molar-refractivity contribution in [3.63, 3.8) is 0 Å². The van der Waals surface area contributed by atoms with Crippen molar-refractivity contribution in [1.29, 1.82) is 0 Å². The minimum Gasteiger partial charge on any atom is -0.465 e. The van der Waals surface area contributed by atoms with Crippen molar-refractivity contribution in [2.24, 2.45) is 0 Å². The third-order valence-electron chi connectivity index (χ3n) is 1.47. The number of carbonyl (C=O) groups is 1. The minimum atomic E-state index is -3.38. The van der Waals surface area contributed by atoms with E-state index in [1.807, 2.05) is 0 Å². The fraction of sp³-hybridized carbons (Fsp3) is 0.286. The van der Waals surface area contributed by atoms with E-state index in [-0.39, 0.29) is 14.8 Å². The molecule has 7 heteroatoms.